The van der Waals surface area contributed by atoms with Crippen LogP contribution in [0, 0.1) is 0 Å². The molecule has 0 saturated carbocycles. The maximum atomic E-state index is 6.35. The Hall–Kier alpha value is -1.80. The van der Waals surface area contributed by atoms with E-state index in [0.717, 1.165) is 11.1 Å². The van der Waals surface area contributed by atoms with E-state index in [0.29, 0.717) is 19.8 Å². The molecule has 0 spiro atoms. The van der Waals surface area contributed by atoms with Crippen molar-refractivity contribution in [3.63, 3.8) is 0 Å². The molecular formula is C24H30O6. The van der Waals surface area contributed by atoms with Gasteiger partial charge < -0.3 is 28.4 Å². The Morgan fingerprint density at radius 1 is 0.867 bits per heavy atom. The summed E-state index contributed by atoms with van der Waals surface area (Å²) in [6.07, 6.45) is -1.92. The maximum absolute atomic E-state index is 6.35. The highest BCUT2D eigenvalue weighted by Crippen LogP contribution is 2.35. The van der Waals surface area contributed by atoms with Gasteiger partial charge in [-0.05, 0) is 25.0 Å². The quantitative estimate of drug-likeness (QED) is 0.657. The van der Waals surface area contributed by atoms with Gasteiger partial charge in [-0.25, -0.2) is 0 Å². The van der Waals surface area contributed by atoms with Crippen molar-refractivity contribution in [2.24, 2.45) is 0 Å². The minimum Gasteiger partial charge on any atom is -0.368 e. The van der Waals surface area contributed by atoms with Crippen molar-refractivity contribution in [2.75, 3.05) is 13.7 Å². The standard InChI is InChI=1S/C24H30O6/c1-24(2)28-16-19(30-24)20-21(26-14-17-10-6-4-7-11-17)22(23(25-3)29-20)27-15-18-12-8-5-9-13-18/h4-13,19-23H,14-16H2,1-3H3/t19-,20+,21+,22-,23+/m1/s1. The molecule has 2 aliphatic heterocycles. The normalized spacial score (nSPS) is 30.6. The largest absolute Gasteiger partial charge is 0.368 e. The molecule has 2 aromatic rings. The van der Waals surface area contributed by atoms with Crippen LogP contribution >= 0.6 is 0 Å². The molecule has 2 fully saturated rings. The fourth-order valence-electron chi connectivity index (χ4n) is 3.91. The Kier molecular flexibility index (Phi) is 6.83. The van der Waals surface area contributed by atoms with Crippen LogP contribution in [-0.2, 0) is 41.6 Å². The van der Waals surface area contributed by atoms with Crippen LogP contribution in [0.1, 0.15) is 25.0 Å². The fraction of sp³-hybridized carbons (Fsp3) is 0.500. The zero-order valence-electron chi connectivity index (χ0n) is 17.7. The lowest BCUT2D eigenvalue weighted by molar-refractivity contribution is -0.190. The van der Waals surface area contributed by atoms with E-state index in [1.54, 1.807) is 7.11 Å². The first-order valence-electron chi connectivity index (χ1n) is 10.4. The van der Waals surface area contributed by atoms with Crippen molar-refractivity contribution < 1.29 is 28.4 Å². The van der Waals surface area contributed by atoms with Gasteiger partial charge >= 0.3 is 0 Å². The number of hydrogen-bond donors (Lipinski definition) is 0. The third kappa shape index (κ3) is 5.09. The predicted octanol–water partition coefficient (Wildman–Crippen LogP) is 3.68. The minimum atomic E-state index is -0.649. The summed E-state index contributed by atoms with van der Waals surface area (Å²) in [6, 6.07) is 20.1. The van der Waals surface area contributed by atoms with Gasteiger partial charge in [0.05, 0.1) is 19.8 Å². The lowest BCUT2D eigenvalue weighted by Crippen LogP contribution is -2.43. The molecule has 6 nitrogen and oxygen atoms in total. The van der Waals surface area contributed by atoms with E-state index < -0.39 is 18.2 Å². The molecule has 0 radical (unpaired) electrons. The topological polar surface area (TPSA) is 55.4 Å². The molecule has 30 heavy (non-hydrogen) atoms. The molecule has 4 rings (SSSR count). The predicted molar refractivity (Wildman–Crippen MR) is 111 cm³/mol. The summed E-state index contributed by atoms with van der Waals surface area (Å²) in [7, 11) is 1.62. The molecule has 6 heteroatoms. The number of rotatable bonds is 8. The van der Waals surface area contributed by atoms with Gasteiger partial charge in [-0.3, -0.25) is 0 Å². The van der Waals surface area contributed by atoms with Gasteiger partial charge in [0.15, 0.2) is 12.1 Å². The average molecular weight is 414 g/mol. The van der Waals surface area contributed by atoms with Crippen molar-refractivity contribution in [3.8, 4) is 0 Å². The first kappa shape index (κ1) is 21.4. The second kappa shape index (κ2) is 9.56. The fourth-order valence-corrected chi connectivity index (χ4v) is 3.91. The molecule has 2 saturated heterocycles. The molecule has 5 atom stereocenters. The molecule has 0 aliphatic carbocycles. The zero-order chi connectivity index (χ0) is 21.0. The summed E-state index contributed by atoms with van der Waals surface area (Å²) in [6.45, 7) is 5.13. The van der Waals surface area contributed by atoms with Crippen molar-refractivity contribution >= 4 is 0 Å². The molecule has 0 bridgehead atoms. The molecule has 0 aromatic heterocycles. The smallest absolute Gasteiger partial charge is 0.186 e. The lowest BCUT2D eigenvalue weighted by atomic mass is 10.1. The monoisotopic (exact) mass is 414 g/mol. The second-order valence-corrected chi connectivity index (χ2v) is 8.09. The number of hydrogen-bond acceptors (Lipinski definition) is 6. The highest BCUT2D eigenvalue weighted by Gasteiger charge is 2.53. The van der Waals surface area contributed by atoms with E-state index in [1.807, 2.05) is 74.5 Å². The molecule has 2 aromatic carbocycles. The van der Waals surface area contributed by atoms with Crippen LogP contribution in [0.2, 0.25) is 0 Å². The van der Waals surface area contributed by atoms with Crippen LogP contribution in [0.25, 0.3) is 0 Å². The van der Waals surface area contributed by atoms with E-state index in [4.69, 9.17) is 28.4 Å². The van der Waals surface area contributed by atoms with Gasteiger partial charge in [0.2, 0.25) is 0 Å². The minimum absolute atomic E-state index is 0.260. The Morgan fingerprint density at radius 3 is 1.93 bits per heavy atom. The van der Waals surface area contributed by atoms with Crippen molar-refractivity contribution in [2.45, 2.75) is 63.6 Å². The Balaban J connectivity index is 1.51. The van der Waals surface area contributed by atoms with Crippen LogP contribution < -0.4 is 0 Å². The van der Waals surface area contributed by atoms with Crippen LogP contribution in [0.4, 0.5) is 0 Å². The lowest BCUT2D eigenvalue weighted by Gasteiger charge is -2.27. The average Bonchev–Trinajstić information content (AvgIpc) is 3.31. The van der Waals surface area contributed by atoms with Crippen molar-refractivity contribution in [1.82, 2.24) is 0 Å². The van der Waals surface area contributed by atoms with Gasteiger partial charge in [0, 0.05) is 7.11 Å². The number of benzene rings is 2. The second-order valence-electron chi connectivity index (χ2n) is 8.09. The zero-order valence-corrected chi connectivity index (χ0v) is 17.7. The molecule has 2 heterocycles. The SMILES string of the molecule is CO[C@H]1O[C@@H]([C@H]2COC(C)(C)O2)[C@H](OCc2ccccc2)[C@H]1OCc1ccccc1. The van der Waals surface area contributed by atoms with Crippen molar-refractivity contribution in [1.29, 1.82) is 0 Å². The molecule has 2 aliphatic rings. The summed E-state index contributed by atoms with van der Waals surface area (Å²) in [5.41, 5.74) is 2.17. The third-order valence-electron chi connectivity index (χ3n) is 5.41. The molecule has 0 unspecified atom stereocenters. The van der Waals surface area contributed by atoms with Gasteiger partial charge in [0.25, 0.3) is 0 Å². The molecular weight excluding hydrogens is 384 g/mol. The molecule has 0 N–H and O–H groups in total. The van der Waals surface area contributed by atoms with Gasteiger partial charge in [-0.15, -0.1) is 0 Å². The van der Waals surface area contributed by atoms with Gasteiger partial charge in [-0.2, -0.15) is 0 Å². The van der Waals surface area contributed by atoms with Gasteiger partial charge in [0.1, 0.15) is 24.4 Å². The summed E-state index contributed by atoms with van der Waals surface area (Å²) in [5, 5.41) is 0. The Bertz CT molecular complexity index is 781. The van der Waals surface area contributed by atoms with Crippen LogP contribution in [0.3, 0.4) is 0 Å². The maximum Gasteiger partial charge on any atom is 0.186 e. The summed E-state index contributed by atoms with van der Waals surface area (Å²) in [4.78, 5) is 0. The third-order valence-corrected chi connectivity index (χ3v) is 5.41. The first-order valence-corrected chi connectivity index (χ1v) is 10.4. The van der Waals surface area contributed by atoms with Crippen LogP contribution in [0.15, 0.2) is 60.7 Å². The van der Waals surface area contributed by atoms with Crippen LogP contribution in [-0.4, -0.2) is 50.2 Å². The number of methoxy groups -OCH3 is 1. The van der Waals surface area contributed by atoms with E-state index in [1.165, 1.54) is 0 Å². The highest BCUT2D eigenvalue weighted by atomic mass is 16.8. The Labute approximate surface area is 178 Å². The Morgan fingerprint density at radius 2 is 1.43 bits per heavy atom. The van der Waals surface area contributed by atoms with Crippen molar-refractivity contribution in [3.05, 3.63) is 71.8 Å². The van der Waals surface area contributed by atoms with E-state index in [2.05, 4.69) is 0 Å². The first-order chi connectivity index (χ1) is 14.6. The summed E-state index contributed by atoms with van der Waals surface area (Å²) >= 11 is 0. The van der Waals surface area contributed by atoms with Crippen LogP contribution in [0.5, 0.6) is 0 Å². The van der Waals surface area contributed by atoms with E-state index >= 15 is 0 Å². The van der Waals surface area contributed by atoms with E-state index in [-0.39, 0.29) is 18.3 Å². The van der Waals surface area contributed by atoms with Gasteiger partial charge in [-0.1, -0.05) is 60.7 Å². The molecule has 0 amide bonds. The van der Waals surface area contributed by atoms with E-state index in [9.17, 15) is 0 Å². The highest BCUT2D eigenvalue weighted by molar-refractivity contribution is 5.14. The molecule has 162 valence electrons. The summed E-state index contributed by atoms with van der Waals surface area (Å²) < 4.78 is 36.3. The summed E-state index contributed by atoms with van der Waals surface area (Å²) in [5.74, 6) is -0.649. The number of ether oxygens (including phenoxy) is 6.